The number of oxazole rings is 1. The van der Waals surface area contributed by atoms with Crippen LogP contribution in [0.15, 0.2) is 70.3 Å². The SMILES string of the molecule is Cc1ccc(-c2nc(SCc3ccccc3)co2)cc1. The minimum Gasteiger partial charge on any atom is -0.443 e. The van der Waals surface area contributed by atoms with E-state index in [2.05, 4.69) is 48.3 Å². The van der Waals surface area contributed by atoms with Gasteiger partial charge in [0.05, 0.1) is 0 Å². The summed E-state index contributed by atoms with van der Waals surface area (Å²) >= 11 is 1.69. The molecule has 0 aliphatic heterocycles. The Morgan fingerprint density at radius 3 is 2.50 bits per heavy atom. The van der Waals surface area contributed by atoms with E-state index in [1.54, 1.807) is 18.0 Å². The Morgan fingerprint density at radius 2 is 1.75 bits per heavy atom. The summed E-state index contributed by atoms with van der Waals surface area (Å²) < 4.78 is 5.55. The predicted octanol–water partition coefficient (Wildman–Crippen LogP) is 4.94. The van der Waals surface area contributed by atoms with E-state index in [0.29, 0.717) is 5.89 Å². The zero-order valence-electron chi connectivity index (χ0n) is 11.2. The second-order valence-corrected chi connectivity index (χ2v) is 5.63. The van der Waals surface area contributed by atoms with Crippen LogP contribution in [0.4, 0.5) is 0 Å². The van der Waals surface area contributed by atoms with Crippen LogP contribution in [-0.2, 0) is 5.75 Å². The highest BCUT2D eigenvalue weighted by Crippen LogP contribution is 2.26. The standard InChI is InChI=1S/C17H15NOS/c1-13-7-9-15(10-8-13)17-18-16(11-19-17)20-12-14-5-3-2-4-6-14/h2-11H,12H2,1H3. The van der Waals surface area contributed by atoms with Crippen molar-refractivity contribution in [2.75, 3.05) is 0 Å². The van der Waals surface area contributed by atoms with Gasteiger partial charge in [0.25, 0.3) is 0 Å². The van der Waals surface area contributed by atoms with E-state index in [9.17, 15) is 0 Å². The molecule has 2 aromatic carbocycles. The molecule has 0 N–H and O–H groups in total. The maximum atomic E-state index is 5.55. The predicted molar refractivity (Wildman–Crippen MR) is 82.7 cm³/mol. The monoisotopic (exact) mass is 281 g/mol. The topological polar surface area (TPSA) is 26.0 Å². The average Bonchev–Trinajstić information content (AvgIpc) is 2.96. The Labute approximate surface area is 122 Å². The largest absolute Gasteiger partial charge is 0.443 e. The van der Waals surface area contributed by atoms with Crippen LogP contribution in [0.25, 0.3) is 11.5 Å². The molecule has 3 rings (SSSR count). The van der Waals surface area contributed by atoms with Crippen molar-refractivity contribution in [1.82, 2.24) is 4.98 Å². The molecule has 0 fully saturated rings. The van der Waals surface area contributed by atoms with Crippen molar-refractivity contribution in [3.8, 4) is 11.5 Å². The minimum atomic E-state index is 0.681. The fourth-order valence-electron chi connectivity index (χ4n) is 1.89. The van der Waals surface area contributed by atoms with Crippen molar-refractivity contribution in [1.29, 1.82) is 0 Å². The normalized spacial score (nSPS) is 10.7. The van der Waals surface area contributed by atoms with Crippen LogP contribution in [0.1, 0.15) is 11.1 Å². The van der Waals surface area contributed by atoms with Gasteiger partial charge in [0.15, 0.2) is 0 Å². The number of aryl methyl sites for hydroxylation is 1. The lowest BCUT2D eigenvalue weighted by Crippen LogP contribution is -1.81. The van der Waals surface area contributed by atoms with Crippen LogP contribution >= 0.6 is 11.8 Å². The van der Waals surface area contributed by atoms with Crippen LogP contribution in [0.2, 0.25) is 0 Å². The highest BCUT2D eigenvalue weighted by molar-refractivity contribution is 7.98. The maximum absolute atomic E-state index is 5.55. The summed E-state index contributed by atoms with van der Waals surface area (Å²) in [5, 5.41) is 0.921. The lowest BCUT2D eigenvalue weighted by atomic mass is 10.1. The lowest BCUT2D eigenvalue weighted by Gasteiger charge is -1.97. The van der Waals surface area contributed by atoms with E-state index in [0.717, 1.165) is 16.3 Å². The number of hydrogen-bond acceptors (Lipinski definition) is 3. The first-order valence-electron chi connectivity index (χ1n) is 6.50. The number of nitrogens with zero attached hydrogens (tertiary/aromatic N) is 1. The third-order valence-electron chi connectivity index (χ3n) is 3.01. The summed E-state index contributed by atoms with van der Waals surface area (Å²) in [5.74, 6) is 1.58. The van der Waals surface area contributed by atoms with Crippen molar-refractivity contribution in [2.24, 2.45) is 0 Å². The number of hydrogen-bond donors (Lipinski definition) is 0. The minimum absolute atomic E-state index is 0.681. The molecule has 20 heavy (non-hydrogen) atoms. The zero-order valence-corrected chi connectivity index (χ0v) is 12.1. The Morgan fingerprint density at radius 1 is 1.00 bits per heavy atom. The second-order valence-electron chi connectivity index (χ2n) is 4.63. The summed E-state index contributed by atoms with van der Waals surface area (Å²) in [5.41, 5.74) is 3.54. The maximum Gasteiger partial charge on any atom is 0.227 e. The van der Waals surface area contributed by atoms with Crippen LogP contribution in [0, 0.1) is 6.92 Å². The third-order valence-corrected chi connectivity index (χ3v) is 3.97. The number of benzene rings is 2. The lowest BCUT2D eigenvalue weighted by molar-refractivity contribution is 0.571. The van der Waals surface area contributed by atoms with Gasteiger partial charge in [-0.2, -0.15) is 0 Å². The fraction of sp³-hybridized carbons (Fsp3) is 0.118. The van der Waals surface area contributed by atoms with E-state index in [-0.39, 0.29) is 0 Å². The van der Waals surface area contributed by atoms with Gasteiger partial charge in [-0.25, -0.2) is 4.98 Å². The molecular weight excluding hydrogens is 266 g/mol. The molecular formula is C17H15NOS. The van der Waals surface area contributed by atoms with E-state index in [1.807, 2.05) is 18.2 Å². The van der Waals surface area contributed by atoms with Gasteiger partial charge >= 0.3 is 0 Å². The van der Waals surface area contributed by atoms with Gasteiger partial charge < -0.3 is 4.42 Å². The van der Waals surface area contributed by atoms with Crippen LogP contribution < -0.4 is 0 Å². The third kappa shape index (κ3) is 3.11. The van der Waals surface area contributed by atoms with Crippen LogP contribution in [0.3, 0.4) is 0 Å². The molecule has 3 aromatic rings. The van der Waals surface area contributed by atoms with Crippen LogP contribution in [0.5, 0.6) is 0 Å². The molecule has 0 aliphatic rings. The van der Waals surface area contributed by atoms with Gasteiger partial charge in [0.2, 0.25) is 5.89 Å². The molecule has 0 aliphatic carbocycles. The molecule has 100 valence electrons. The Hall–Kier alpha value is -2.00. The van der Waals surface area contributed by atoms with Crippen molar-refractivity contribution in [3.63, 3.8) is 0 Å². The molecule has 0 saturated carbocycles. The van der Waals surface area contributed by atoms with Gasteiger partial charge in [-0.1, -0.05) is 59.8 Å². The summed E-state index contributed by atoms with van der Waals surface area (Å²) in [6, 6.07) is 18.6. The summed E-state index contributed by atoms with van der Waals surface area (Å²) in [4.78, 5) is 4.52. The molecule has 0 saturated heterocycles. The fourth-order valence-corrected chi connectivity index (χ4v) is 2.66. The highest BCUT2D eigenvalue weighted by Gasteiger charge is 2.07. The molecule has 0 radical (unpaired) electrons. The number of thioether (sulfide) groups is 1. The van der Waals surface area contributed by atoms with Gasteiger partial charge in [-0.15, -0.1) is 0 Å². The van der Waals surface area contributed by atoms with E-state index >= 15 is 0 Å². The molecule has 3 heteroatoms. The van der Waals surface area contributed by atoms with Crippen molar-refractivity contribution < 1.29 is 4.42 Å². The Balaban J connectivity index is 1.69. The summed E-state index contributed by atoms with van der Waals surface area (Å²) in [7, 11) is 0. The van der Waals surface area contributed by atoms with Crippen LogP contribution in [-0.4, -0.2) is 4.98 Å². The Kier molecular flexibility index (Phi) is 3.88. The quantitative estimate of drug-likeness (QED) is 0.633. The second kappa shape index (κ2) is 5.97. The first-order valence-corrected chi connectivity index (χ1v) is 7.49. The average molecular weight is 281 g/mol. The van der Waals surface area contributed by atoms with E-state index < -0.39 is 0 Å². The molecule has 0 bridgehead atoms. The smallest absolute Gasteiger partial charge is 0.227 e. The van der Waals surface area contributed by atoms with Crippen molar-refractivity contribution in [2.45, 2.75) is 17.7 Å². The van der Waals surface area contributed by atoms with Gasteiger partial charge in [-0.3, -0.25) is 0 Å². The molecule has 2 nitrogen and oxygen atoms in total. The first-order chi connectivity index (χ1) is 9.81. The molecule has 0 spiro atoms. The number of rotatable bonds is 4. The summed E-state index contributed by atoms with van der Waals surface area (Å²) in [6.07, 6.45) is 1.72. The Bertz CT molecular complexity index is 674. The van der Waals surface area contributed by atoms with Crippen molar-refractivity contribution >= 4 is 11.8 Å². The van der Waals surface area contributed by atoms with Crippen molar-refractivity contribution in [3.05, 3.63) is 72.0 Å². The summed E-state index contributed by atoms with van der Waals surface area (Å²) in [6.45, 7) is 2.07. The van der Waals surface area contributed by atoms with Gasteiger partial charge in [0.1, 0.15) is 11.3 Å². The number of aromatic nitrogens is 1. The molecule has 1 heterocycles. The van der Waals surface area contributed by atoms with E-state index in [4.69, 9.17) is 4.42 Å². The van der Waals surface area contributed by atoms with E-state index in [1.165, 1.54) is 11.1 Å². The highest BCUT2D eigenvalue weighted by atomic mass is 32.2. The zero-order chi connectivity index (χ0) is 13.8. The van der Waals surface area contributed by atoms with Gasteiger partial charge in [-0.05, 0) is 24.6 Å². The van der Waals surface area contributed by atoms with Gasteiger partial charge in [0, 0.05) is 11.3 Å². The first kappa shape index (κ1) is 13.0. The molecule has 0 unspecified atom stereocenters. The molecule has 0 atom stereocenters. The molecule has 0 amide bonds. The molecule has 1 aromatic heterocycles.